The molecule has 1 aromatic heterocycles. The predicted octanol–water partition coefficient (Wildman–Crippen LogP) is 2.72. The number of amides is 1. The highest BCUT2D eigenvalue weighted by Crippen LogP contribution is 2.15. The van der Waals surface area contributed by atoms with E-state index in [4.69, 9.17) is 0 Å². The average molecular weight is 406 g/mol. The van der Waals surface area contributed by atoms with E-state index in [1.807, 2.05) is 0 Å². The summed E-state index contributed by atoms with van der Waals surface area (Å²) in [6.45, 7) is 1.72. The van der Waals surface area contributed by atoms with E-state index >= 15 is 0 Å². The molecule has 27 heavy (non-hydrogen) atoms. The van der Waals surface area contributed by atoms with Crippen molar-refractivity contribution in [2.24, 2.45) is 0 Å². The number of hydrogen-bond donors (Lipinski definition) is 2. The van der Waals surface area contributed by atoms with Crippen LogP contribution in [0.25, 0.3) is 0 Å². The van der Waals surface area contributed by atoms with Crippen LogP contribution in [0.2, 0.25) is 0 Å². The van der Waals surface area contributed by atoms with Crippen molar-refractivity contribution < 1.29 is 17.6 Å². The Bertz CT molecular complexity index is 1070. The molecule has 0 radical (unpaired) electrons. The number of nitrogens with one attached hydrogen (secondary N) is 2. The number of carbonyl (C=O) groups is 1. The van der Waals surface area contributed by atoms with Crippen LogP contribution < -0.4 is 10.0 Å². The van der Waals surface area contributed by atoms with Crippen molar-refractivity contribution in [1.82, 2.24) is 14.9 Å². The molecule has 0 aliphatic rings. The van der Waals surface area contributed by atoms with E-state index in [0.29, 0.717) is 10.7 Å². The number of nitrogens with zero attached hydrogens (tertiary/aromatic N) is 2. The molecule has 0 atom stereocenters. The van der Waals surface area contributed by atoms with Crippen LogP contribution in [0, 0.1) is 12.7 Å². The van der Waals surface area contributed by atoms with Crippen LogP contribution >= 0.6 is 11.3 Å². The van der Waals surface area contributed by atoms with Gasteiger partial charge in [0.15, 0.2) is 0 Å². The maximum absolute atomic E-state index is 12.9. The highest BCUT2D eigenvalue weighted by atomic mass is 32.2. The summed E-state index contributed by atoms with van der Waals surface area (Å²) < 4.78 is 39.9. The number of hydrogen-bond acceptors (Lipinski definition) is 6. The number of aryl methyl sites for hydroxylation is 1. The van der Waals surface area contributed by atoms with Crippen molar-refractivity contribution in [3.8, 4) is 0 Å². The molecule has 0 bridgehead atoms. The van der Waals surface area contributed by atoms with E-state index < -0.39 is 21.7 Å². The third-order valence-electron chi connectivity index (χ3n) is 3.48. The molecule has 1 amide bonds. The van der Waals surface area contributed by atoms with Gasteiger partial charge in [0, 0.05) is 5.69 Å². The lowest BCUT2D eigenvalue weighted by atomic mass is 10.2. The second-order valence-electron chi connectivity index (χ2n) is 5.60. The van der Waals surface area contributed by atoms with Crippen molar-refractivity contribution in [2.45, 2.75) is 18.4 Å². The molecule has 3 rings (SSSR count). The summed E-state index contributed by atoms with van der Waals surface area (Å²) in [5.74, 6) is -0.918. The zero-order valence-electron chi connectivity index (χ0n) is 14.1. The van der Waals surface area contributed by atoms with Crippen molar-refractivity contribution in [3.63, 3.8) is 0 Å². The Balaban J connectivity index is 1.63. The summed E-state index contributed by atoms with van der Waals surface area (Å²) in [5.41, 5.74) is 1.24. The van der Waals surface area contributed by atoms with Gasteiger partial charge in [0.1, 0.15) is 10.8 Å². The van der Waals surface area contributed by atoms with Crippen LogP contribution in [-0.4, -0.2) is 24.5 Å². The fraction of sp³-hybridized carbons (Fsp3) is 0.118. The fourth-order valence-electron chi connectivity index (χ4n) is 2.16. The lowest BCUT2D eigenvalue weighted by Crippen LogP contribution is -2.23. The number of anilines is 1. The highest BCUT2D eigenvalue weighted by Gasteiger charge is 2.17. The maximum atomic E-state index is 12.9. The largest absolute Gasteiger partial charge is 0.320 e. The van der Waals surface area contributed by atoms with Gasteiger partial charge in [-0.25, -0.2) is 17.5 Å². The van der Waals surface area contributed by atoms with Crippen LogP contribution in [0.5, 0.6) is 0 Å². The molecule has 0 saturated heterocycles. The molecule has 0 aliphatic carbocycles. The SMILES string of the molecule is Cc1cccc(S(=O)(=O)NCc2nnc(C(=O)Nc3ccc(F)cc3)s2)c1. The number of benzene rings is 2. The Kier molecular flexibility index (Phi) is 5.59. The van der Waals surface area contributed by atoms with Gasteiger partial charge >= 0.3 is 0 Å². The van der Waals surface area contributed by atoms with Gasteiger partial charge in [-0.05, 0) is 48.9 Å². The summed E-state index contributed by atoms with van der Waals surface area (Å²) in [4.78, 5) is 12.3. The smallest absolute Gasteiger partial charge is 0.286 e. The van der Waals surface area contributed by atoms with Crippen molar-refractivity contribution in [3.05, 3.63) is 69.9 Å². The Hall–Kier alpha value is -2.69. The van der Waals surface area contributed by atoms with Crippen molar-refractivity contribution >= 4 is 33.0 Å². The lowest BCUT2D eigenvalue weighted by molar-refractivity contribution is 0.102. The van der Waals surface area contributed by atoms with Crippen LogP contribution in [-0.2, 0) is 16.6 Å². The maximum Gasteiger partial charge on any atom is 0.286 e. The highest BCUT2D eigenvalue weighted by molar-refractivity contribution is 7.89. The third-order valence-corrected chi connectivity index (χ3v) is 5.80. The predicted molar refractivity (Wildman–Crippen MR) is 99.5 cm³/mol. The normalized spacial score (nSPS) is 11.3. The number of sulfonamides is 1. The Labute approximate surface area is 159 Å². The summed E-state index contributed by atoms with van der Waals surface area (Å²) in [6.07, 6.45) is 0. The van der Waals surface area contributed by atoms with Crippen LogP contribution in [0.1, 0.15) is 20.4 Å². The van der Waals surface area contributed by atoms with Gasteiger partial charge in [0.2, 0.25) is 15.0 Å². The summed E-state index contributed by atoms with van der Waals surface area (Å²) in [7, 11) is -3.69. The van der Waals surface area contributed by atoms with E-state index in [2.05, 4.69) is 20.2 Å². The molecular weight excluding hydrogens is 391 g/mol. The van der Waals surface area contributed by atoms with Gasteiger partial charge in [-0.2, -0.15) is 0 Å². The molecule has 0 spiro atoms. The minimum atomic E-state index is -3.69. The molecule has 2 aromatic carbocycles. The second-order valence-corrected chi connectivity index (χ2v) is 8.43. The number of aromatic nitrogens is 2. The first kappa shape index (κ1) is 19.1. The van der Waals surface area contributed by atoms with Crippen molar-refractivity contribution in [2.75, 3.05) is 5.32 Å². The van der Waals surface area contributed by atoms with Gasteiger partial charge in [0.25, 0.3) is 5.91 Å². The van der Waals surface area contributed by atoms with E-state index in [1.54, 1.807) is 25.1 Å². The summed E-state index contributed by atoms with van der Waals surface area (Å²) >= 11 is 0.967. The molecule has 10 heteroatoms. The molecular formula is C17H15FN4O3S2. The molecule has 2 N–H and O–H groups in total. The van der Waals surface area contributed by atoms with E-state index in [9.17, 15) is 17.6 Å². The number of halogens is 1. The number of carbonyl (C=O) groups excluding carboxylic acids is 1. The van der Waals surface area contributed by atoms with Gasteiger partial charge in [-0.15, -0.1) is 10.2 Å². The molecule has 0 aliphatic heterocycles. The topological polar surface area (TPSA) is 101 Å². The van der Waals surface area contributed by atoms with Gasteiger partial charge < -0.3 is 5.32 Å². The van der Waals surface area contributed by atoms with Gasteiger partial charge in [-0.3, -0.25) is 4.79 Å². The third kappa shape index (κ3) is 4.94. The molecule has 140 valence electrons. The van der Waals surface area contributed by atoms with E-state index in [-0.39, 0.29) is 16.4 Å². The first-order valence-electron chi connectivity index (χ1n) is 7.79. The summed E-state index contributed by atoms with van der Waals surface area (Å²) in [6, 6.07) is 11.8. The zero-order chi connectivity index (χ0) is 19.4. The average Bonchev–Trinajstić information content (AvgIpc) is 3.11. The molecule has 0 unspecified atom stereocenters. The van der Waals surface area contributed by atoms with Crippen molar-refractivity contribution in [1.29, 1.82) is 0 Å². The van der Waals surface area contributed by atoms with Gasteiger partial charge in [-0.1, -0.05) is 23.5 Å². The minimum absolute atomic E-state index is 0.0732. The zero-order valence-corrected chi connectivity index (χ0v) is 15.8. The van der Waals surface area contributed by atoms with Crippen LogP contribution in [0.3, 0.4) is 0 Å². The lowest BCUT2D eigenvalue weighted by Gasteiger charge is -2.05. The summed E-state index contributed by atoms with van der Waals surface area (Å²) in [5, 5.41) is 10.6. The van der Waals surface area contributed by atoms with Crippen LogP contribution in [0.15, 0.2) is 53.4 Å². The first-order chi connectivity index (χ1) is 12.8. The fourth-order valence-corrected chi connectivity index (χ4v) is 4.02. The Morgan fingerprint density at radius 2 is 1.89 bits per heavy atom. The van der Waals surface area contributed by atoms with E-state index in [0.717, 1.165) is 16.9 Å². The molecule has 7 nitrogen and oxygen atoms in total. The first-order valence-corrected chi connectivity index (χ1v) is 10.1. The molecule has 0 fully saturated rings. The molecule has 0 saturated carbocycles. The Morgan fingerprint density at radius 1 is 1.15 bits per heavy atom. The van der Waals surface area contributed by atoms with E-state index in [1.165, 1.54) is 30.3 Å². The monoisotopic (exact) mass is 406 g/mol. The quantitative estimate of drug-likeness (QED) is 0.655. The number of rotatable bonds is 6. The standard InChI is InChI=1S/C17H15FN4O3S2/c1-11-3-2-4-14(9-11)27(24,25)19-10-15-21-22-17(26-15)16(23)20-13-7-5-12(18)6-8-13/h2-9,19H,10H2,1H3,(H,20,23). The minimum Gasteiger partial charge on any atom is -0.320 e. The second kappa shape index (κ2) is 7.91. The van der Waals surface area contributed by atoms with Crippen LogP contribution in [0.4, 0.5) is 10.1 Å². The Morgan fingerprint density at radius 3 is 2.59 bits per heavy atom. The molecule has 1 heterocycles. The molecule has 3 aromatic rings. The van der Waals surface area contributed by atoms with Gasteiger partial charge in [0.05, 0.1) is 11.4 Å².